The standard InChI is InChI=1S/C61H30O2/c1-22-35-24-9-6-8-23-18-25-19-26-21-33-29-14-16-31-30-15-13-28-32(20-24)40-44(35)49-45-36(22)37(23)46-38(25)39(26)47-41(33)52-43(29)56(31)60-55(30)42(28)51(40)57-53(49)54(50(47)48(45)46)58(52)61(57,60)59(60,17-7-12-34(62)63-2)27-10-4-3-5-11-27/h3-6,8,10-11,13-16,18,20-21H,7,9,12,17,19H2,1-2H3/b8-6-. The molecule has 2 heteroatoms. The van der Waals surface area contributed by atoms with Crippen molar-refractivity contribution in [3.63, 3.8) is 0 Å². The topological polar surface area (TPSA) is 26.3 Å². The van der Waals surface area contributed by atoms with E-state index in [0.717, 1.165) is 25.7 Å². The fourth-order valence-electron chi connectivity index (χ4n) is 19.1. The normalized spacial score (nSPS) is 23.8. The molecule has 1 fully saturated rings. The van der Waals surface area contributed by atoms with Gasteiger partial charge in [-0.1, -0.05) is 72.8 Å². The SMILES string of the molecule is COC(=O)CCCC1(c2ccccc2)C23c4c5ccc6c7cc8c9c(C)c%10c%11c(cc%12c%13c%14c(cc%15c%16ccc=5c2c%16c2c5c%16c%17c(c(c46)c7c9c%17c%10c(c%13%11)c%16c%14c%152)C513)C%12)/C=C\C8. The molecule has 0 N–H and O–H groups in total. The Bertz CT molecular complexity index is 4990. The number of rotatable bonds is 5. The number of allylic oxidation sites excluding steroid dienone is 1. The third-order valence-corrected chi connectivity index (χ3v) is 20.0. The van der Waals surface area contributed by atoms with Crippen molar-refractivity contribution >= 4 is 141 Å². The molecule has 3 unspecified atom stereocenters. The fraction of sp³-hybridized carbons (Fsp3) is 0.164. The van der Waals surface area contributed by atoms with Crippen LogP contribution in [0.15, 0.2) is 78.9 Å². The molecule has 63 heavy (non-hydrogen) atoms. The van der Waals surface area contributed by atoms with Gasteiger partial charge in [0.25, 0.3) is 0 Å². The molecule has 2 bridgehead atoms. The summed E-state index contributed by atoms with van der Waals surface area (Å²) in [5, 5.41) is 39.6. The van der Waals surface area contributed by atoms with Gasteiger partial charge in [0.15, 0.2) is 0 Å². The monoisotopic (exact) mass is 794 g/mol. The lowest BCUT2D eigenvalue weighted by Gasteiger charge is -2.32. The molecule has 0 heterocycles. The van der Waals surface area contributed by atoms with Crippen molar-refractivity contribution in [2.45, 2.75) is 55.3 Å². The van der Waals surface area contributed by atoms with E-state index in [-0.39, 0.29) is 22.2 Å². The zero-order valence-corrected chi connectivity index (χ0v) is 34.4. The highest BCUT2D eigenvalue weighted by Crippen LogP contribution is 2.94. The number of esters is 1. The van der Waals surface area contributed by atoms with E-state index in [4.69, 9.17) is 4.74 Å². The summed E-state index contributed by atoms with van der Waals surface area (Å²) in [5.41, 5.74) is 14.4. The number of ether oxygens (including phenoxy) is 1. The Morgan fingerprint density at radius 1 is 0.540 bits per heavy atom. The van der Waals surface area contributed by atoms with Gasteiger partial charge in [-0.15, -0.1) is 0 Å². The predicted molar refractivity (Wildman–Crippen MR) is 257 cm³/mol. The molecular weight excluding hydrogens is 765 g/mol. The molecule has 286 valence electrons. The maximum absolute atomic E-state index is 13.2. The molecule has 14 aromatic rings. The summed E-state index contributed by atoms with van der Waals surface area (Å²) in [5.74, 6) is -0.105. The van der Waals surface area contributed by atoms with Crippen LogP contribution in [-0.2, 0) is 38.6 Å². The van der Waals surface area contributed by atoms with E-state index >= 15 is 0 Å². The van der Waals surface area contributed by atoms with Crippen LogP contribution < -0.4 is 0 Å². The molecule has 2 spiro atoms. The van der Waals surface area contributed by atoms with Gasteiger partial charge in [0, 0.05) is 22.7 Å². The van der Waals surface area contributed by atoms with Gasteiger partial charge in [0.05, 0.1) is 7.11 Å². The fourth-order valence-corrected chi connectivity index (χ4v) is 19.1. The number of hydrogen-bond donors (Lipinski definition) is 0. The largest absolute Gasteiger partial charge is 0.469 e. The summed E-state index contributed by atoms with van der Waals surface area (Å²) in [6.07, 6.45) is 9.04. The van der Waals surface area contributed by atoms with Crippen LogP contribution in [0.5, 0.6) is 0 Å². The number of benzene rings is 11. The molecule has 1 saturated carbocycles. The summed E-state index contributed by atoms with van der Waals surface area (Å²) >= 11 is 0. The summed E-state index contributed by atoms with van der Waals surface area (Å²) < 4.78 is 5.41. The van der Waals surface area contributed by atoms with Crippen molar-refractivity contribution in [3.05, 3.63) is 145 Å². The number of hydrogen-bond acceptors (Lipinski definition) is 2. The Kier molecular flexibility index (Phi) is 3.70. The van der Waals surface area contributed by atoms with Crippen molar-refractivity contribution in [2.75, 3.05) is 7.11 Å². The van der Waals surface area contributed by atoms with Gasteiger partial charge < -0.3 is 4.74 Å². The molecule has 0 aliphatic heterocycles. The van der Waals surface area contributed by atoms with Gasteiger partial charge >= 0.3 is 5.97 Å². The highest BCUT2D eigenvalue weighted by molar-refractivity contribution is 6.61. The third-order valence-electron chi connectivity index (χ3n) is 20.0. The number of carbonyl (C=O) groups excluding carboxylic acids is 1. The first-order valence-corrected chi connectivity index (χ1v) is 23.3. The van der Waals surface area contributed by atoms with Crippen LogP contribution >= 0.6 is 0 Å². The van der Waals surface area contributed by atoms with E-state index in [1.165, 1.54) is 108 Å². The number of fused-ring (bicyclic) bond motifs is 2. The van der Waals surface area contributed by atoms with Crippen molar-refractivity contribution < 1.29 is 9.53 Å². The van der Waals surface area contributed by atoms with E-state index in [2.05, 4.69) is 91.9 Å². The maximum Gasteiger partial charge on any atom is 0.305 e. The van der Waals surface area contributed by atoms with Crippen LogP contribution in [-0.4, -0.2) is 13.1 Å². The second-order valence-corrected chi connectivity index (χ2v) is 21.2. The van der Waals surface area contributed by atoms with Crippen LogP contribution in [0.2, 0.25) is 0 Å². The Morgan fingerprint density at radius 2 is 1.11 bits per heavy atom. The highest BCUT2D eigenvalue weighted by Gasteiger charge is 2.93. The summed E-state index contributed by atoms with van der Waals surface area (Å²) in [6, 6.07) is 29.9. The molecule has 7 aliphatic carbocycles. The van der Waals surface area contributed by atoms with Crippen molar-refractivity contribution in [1.82, 2.24) is 0 Å². The van der Waals surface area contributed by atoms with Crippen LogP contribution in [0.25, 0.3) is 135 Å². The van der Waals surface area contributed by atoms with Gasteiger partial charge in [-0.05, 0) is 240 Å². The molecular formula is C61H30O2. The minimum Gasteiger partial charge on any atom is -0.469 e. The highest BCUT2D eigenvalue weighted by atomic mass is 16.5. The van der Waals surface area contributed by atoms with Crippen molar-refractivity contribution in [2.24, 2.45) is 0 Å². The Hall–Kier alpha value is -7.03. The number of aryl methyl sites for hydroxylation is 1. The molecule has 0 radical (unpaired) electrons. The van der Waals surface area contributed by atoms with E-state index < -0.39 is 0 Å². The van der Waals surface area contributed by atoms with Gasteiger partial charge in [-0.2, -0.15) is 0 Å². The number of carbonyl (C=O) groups is 1. The predicted octanol–water partition coefficient (Wildman–Crippen LogP) is 14.0. The smallest absolute Gasteiger partial charge is 0.305 e. The minimum atomic E-state index is -0.331. The van der Waals surface area contributed by atoms with E-state index in [9.17, 15) is 4.79 Å². The summed E-state index contributed by atoms with van der Waals surface area (Å²) in [7, 11) is 1.56. The Balaban J connectivity index is 1.20. The lowest BCUT2D eigenvalue weighted by molar-refractivity contribution is -0.140. The van der Waals surface area contributed by atoms with E-state index in [1.807, 2.05) is 0 Å². The first-order valence-electron chi connectivity index (χ1n) is 23.3. The second kappa shape index (κ2) is 7.94. The molecule has 3 atom stereocenters. The maximum atomic E-state index is 13.2. The molecule has 0 saturated heterocycles. The van der Waals surface area contributed by atoms with Gasteiger partial charge in [-0.3, -0.25) is 4.79 Å². The molecule has 0 aromatic heterocycles. The van der Waals surface area contributed by atoms with E-state index in [0.29, 0.717) is 6.42 Å². The molecule has 7 aliphatic rings. The van der Waals surface area contributed by atoms with Gasteiger partial charge in [-0.25, -0.2) is 0 Å². The average Bonchev–Trinajstić information content (AvgIpc) is 3.99. The van der Waals surface area contributed by atoms with Crippen molar-refractivity contribution in [3.8, 4) is 0 Å². The third kappa shape index (κ3) is 2.13. The lowest BCUT2D eigenvalue weighted by Crippen LogP contribution is -2.27. The van der Waals surface area contributed by atoms with Crippen molar-refractivity contribution in [1.29, 1.82) is 0 Å². The summed E-state index contributed by atoms with van der Waals surface area (Å²) in [6.45, 7) is 2.49. The average molecular weight is 795 g/mol. The minimum absolute atomic E-state index is 0.105. The first kappa shape index (κ1) is 29.3. The zero-order valence-electron chi connectivity index (χ0n) is 34.4. The zero-order chi connectivity index (χ0) is 40.0. The van der Waals surface area contributed by atoms with Crippen LogP contribution in [0.1, 0.15) is 74.9 Å². The summed E-state index contributed by atoms with van der Waals surface area (Å²) in [4.78, 5) is 13.2. The molecule has 14 aromatic carbocycles. The van der Waals surface area contributed by atoms with Crippen LogP contribution in [0, 0.1) is 17.4 Å². The molecule has 21 rings (SSSR count). The van der Waals surface area contributed by atoms with Crippen LogP contribution in [0.4, 0.5) is 0 Å². The lowest BCUT2D eigenvalue weighted by atomic mass is 9.68. The molecule has 0 amide bonds. The van der Waals surface area contributed by atoms with Crippen LogP contribution in [0.3, 0.4) is 0 Å². The van der Waals surface area contributed by atoms with Gasteiger partial charge in [0.2, 0.25) is 0 Å². The van der Waals surface area contributed by atoms with Gasteiger partial charge in [0.1, 0.15) is 0 Å². The molecule has 2 nitrogen and oxygen atoms in total. The Morgan fingerprint density at radius 3 is 1.81 bits per heavy atom. The quantitative estimate of drug-likeness (QED) is 0.0985. The van der Waals surface area contributed by atoms with E-state index in [1.54, 1.807) is 94.0 Å². The first-order chi connectivity index (χ1) is 31.1. The second-order valence-electron chi connectivity index (χ2n) is 21.2. The Labute approximate surface area is 356 Å². The number of methoxy groups -OCH3 is 1.